The fraction of sp³-hybridized carbons (Fsp3) is 0.250. The van der Waals surface area contributed by atoms with Gasteiger partial charge in [0.15, 0.2) is 0 Å². The number of aryl methyl sites for hydroxylation is 1. The minimum atomic E-state index is -0.652. The van der Waals surface area contributed by atoms with Crippen molar-refractivity contribution in [2.45, 2.75) is 13.3 Å². The molecule has 11 heavy (non-hydrogen) atoms. The van der Waals surface area contributed by atoms with Gasteiger partial charge in [0.05, 0.1) is 0 Å². The molecule has 0 amide bonds. The van der Waals surface area contributed by atoms with Crippen molar-refractivity contribution in [3.8, 4) is 0 Å². The Kier molecular flexibility index (Phi) is 3.03. The first-order valence-electron chi connectivity index (χ1n) is 3.69. The third-order valence-electron chi connectivity index (χ3n) is 1.69. The van der Waals surface area contributed by atoms with Gasteiger partial charge in [0, 0.05) is 0 Å². The molecule has 3 heteroatoms. The van der Waals surface area contributed by atoms with E-state index < -0.39 is 6.19 Å². The minimum Gasteiger partial charge on any atom is -0.438 e. The summed E-state index contributed by atoms with van der Waals surface area (Å²) in [6, 6.07) is 7.82. The van der Waals surface area contributed by atoms with Crippen LogP contribution in [0.25, 0.3) is 0 Å². The van der Waals surface area contributed by atoms with Crippen LogP contribution in [0.15, 0.2) is 24.3 Å². The first-order valence-corrected chi connectivity index (χ1v) is 4.20. The first-order chi connectivity index (χ1) is 5.24. The van der Waals surface area contributed by atoms with E-state index in [0.29, 0.717) is 0 Å². The van der Waals surface area contributed by atoms with E-state index in [1.807, 2.05) is 24.3 Å². The molecule has 0 atom stereocenters. The van der Waals surface area contributed by atoms with E-state index >= 15 is 0 Å². The highest BCUT2D eigenvalue weighted by Crippen LogP contribution is 1.98. The molecular formula is C8H11BOS. The lowest BCUT2D eigenvalue weighted by atomic mass is 9.86. The largest absolute Gasteiger partial charge is 0.438 e. The monoisotopic (exact) mass is 166 g/mol. The van der Waals surface area contributed by atoms with Crippen molar-refractivity contribution in [1.82, 2.24) is 0 Å². The predicted molar refractivity (Wildman–Crippen MR) is 52.4 cm³/mol. The number of hydrogen-bond acceptors (Lipinski definition) is 2. The van der Waals surface area contributed by atoms with Crippen molar-refractivity contribution in [3.05, 3.63) is 29.8 Å². The van der Waals surface area contributed by atoms with Gasteiger partial charge in [-0.3, -0.25) is 0 Å². The molecule has 0 aliphatic rings. The van der Waals surface area contributed by atoms with Crippen LogP contribution in [0.5, 0.6) is 0 Å². The molecule has 0 aliphatic carbocycles. The fourth-order valence-electron chi connectivity index (χ4n) is 0.925. The van der Waals surface area contributed by atoms with Gasteiger partial charge >= 0.3 is 6.19 Å². The summed E-state index contributed by atoms with van der Waals surface area (Å²) >= 11 is 3.91. The zero-order valence-electron chi connectivity index (χ0n) is 6.49. The van der Waals surface area contributed by atoms with Crippen molar-refractivity contribution in [3.63, 3.8) is 0 Å². The molecule has 0 radical (unpaired) electrons. The SMILES string of the molecule is CCc1ccc(B(O)S)cc1. The molecular weight excluding hydrogens is 155 g/mol. The van der Waals surface area contributed by atoms with E-state index in [2.05, 4.69) is 19.4 Å². The quantitative estimate of drug-likeness (QED) is 0.493. The van der Waals surface area contributed by atoms with Gasteiger partial charge in [0.1, 0.15) is 0 Å². The van der Waals surface area contributed by atoms with E-state index in [0.717, 1.165) is 11.9 Å². The number of thiol groups is 1. The summed E-state index contributed by atoms with van der Waals surface area (Å²) in [4.78, 5) is 0. The Morgan fingerprint density at radius 1 is 1.36 bits per heavy atom. The lowest BCUT2D eigenvalue weighted by molar-refractivity contribution is 0.609. The normalized spacial score (nSPS) is 9.73. The molecule has 0 saturated carbocycles. The van der Waals surface area contributed by atoms with Crippen LogP contribution in [0.4, 0.5) is 0 Å². The second-order valence-electron chi connectivity index (χ2n) is 2.47. The van der Waals surface area contributed by atoms with Crippen molar-refractivity contribution in [2.75, 3.05) is 0 Å². The summed E-state index contributed by atoms with van der Waals surface area (Å²) in [6.07, 6.45) is 0.379. The van der Waals surface area contributed by atoms with E-state index in [-0.39, 0.29) is 0 Å². The average Bonchev–Trinajstić information content (AvgIpc) is 2.05. The number of rotatable bonds is 2. The third kappa shape index (κ3) is 2.28. The van der Waals surface area contributed by atoms with Crippen LogP contribution in [0.1, 0.15) is 12.5 Å². The van der Waals surface area contributed by atoms with Gasteiger partial charge in [-0.05, 0) is 17.4 Å². The Labute approximate surface area is 72.9 Å². The standard InChI is InChI=1S/C8H11BOS/c1-2-7-3-5-8(6-4-7)9(10)11/h3-6,10-11H,2H2,1H3. The van der Waals surface area contributed by atoms with Gasteiger partial charge in [-0.1, -0.05) is 31.2 Å². The van der Waals surface area contributed by atoms with Gasteiger partial charge in [0.2, 0.25) is 0 Å². The van der Waals surface area contributed by atoms with Crippen molar-refractivity contribution < 1.29 is 5.02 Å². The highest BCUT2D eigenvalue weighted by atomic mass is 32.1. The highest BCUT2D eigenvalue weighted by Gasteiger charge is 2.05. The average molecular weight is 166 g/mol. The maximum Gasteiger partial charge on any atom is 0.390 e. The van der Waals surface area contributed by atoms with Crippen LogP contribution < -0.4 is 5.46 Å². The molecule has 1 aromatic carbocycles. The molecule has 0 aromatic heterocycles. The van der Waals surface area contributed by atoms with Gasteiger partial charge in [0.25, 0.3) is 0 Å². The van der Waals surface area contributed by atoms with E-state index in [1.54, 1.807) is 0 Å². The predicted octanol–water partition coefficient (Wildman–Crippen LogP) is 0.866. The van der Waals surface area contributed by atoms with Crippen molar-refractivity contribution in [1.29, 1.82) is 0 Å². The van der Waals surface area contributed by atoms with Crippen LogP contribution >= 0.6 is 12.5 Å². The van der Waals surface area contributed by atoms with Crippen LogP contribution in [0.2, 0.25) is 0 Å². The Morgan fingerprint density at radius 3 is 2.27 bits per heavy atom. The topological polar surface area (TPSA) is 20.2 Å². The Hall–Kier alpha value is -0.405. The van der Waals surface area contributed by atoms with Crippen LogP contribution in [0.3, 0.4) is 0 Å². The molecule has 1 N–H and O–H groups in total. The second kappa shape index (κ2) is 3.84. The molecule has 0 bridgehead atoms. The third-order valence-corrected chi connectivity index (χ3v) is 1.98. The molecule has 1 aromatic rings. The number of hydrogen-bond donors (Lipinski definition) is 2. The Bertz CT molecular complexity index is 220. The maximum atomic E-state index is 9.05. The molecule has 0 saturated heterocycles. The van der Waals surface area contributed by atoms with Gasteiger partial charge in [-0.15, -0.1) is 0 Å². The van der Waals surface area contributed by atoms with Crippen molar-refractivity contribution >= 4 is 24.1 Å². The van der Waals surface area contributed by atoms with Crippen molar-refractivity contribution in [2.24, 2.45) is 0 Å². The Morgan fingerprint density at radius 2 is 1.91 bits per heavy atom. The maximum absolute atomic E-state index is 9.05. The van der Waals surface area contributed by atoms with E-state index in [9.17, 15) is 0 Å². The summed E-state index contributed by atoms with van der Waals surface area (Å²) < 4.78 is 0. The molecule has 1 rings (SSSR count). The molecule has 0 fully saturated rings. The fourth-order valence-corrected chi connectivity index (χ4v) is 1.10. The summed E-state index contributed by atoms with van der Waals surface area (Å²) in [5.74, 6) is 0. The zero-order chi connectivity index (χ0) is 8.27. The molecule has 0 heterocycles. The molecule has 58 valence electrons. The van der Waals surface area contributed by atoms with E-state index in [4.69, 9.17) is 5.02 Å². The summed E-state index contributed by atoms with van der Waals surface area (Å²) in [5, 5.41) is 9.05. The molecule has 0 unspecified atom stereocenters. The van der Waals surface area contributed by atoms with Gasteiger partial charge in [-0.2, -0.15) is 12.5 Å². The van der Waals surface area contributed by atoms with Crippen LogP contribution in [-0.4, -0.2) is 11.2 Å². The van der Waals surface area contributed by atoms with Crippen LogP contribution in [0, 0.1) is 0 Å². The van der Waals surface area contributed by atoms with Gasteiger partial charge < -0.3 is 5.02 Å². The Balaban J connectivity index is 2.83. The highest BCUT2D eigenvalue weighted by molar-refractivity contribution is 8.10. The molecule has 1 nitrogen and oxygen atoms in total. The lowest BCUT2D eigenvalue weighted by Crippen LogP contribution is -2.23. The number of benzene rings is 1. The molecule has 0 aliphatic heterocycles. The summed E-state index contributed by atoms with van der Waals surface area (Å²) in [6.45, 7) is 2.10. The summed E-state index contributed by atoms with van der Waals surface area (Å²) in [7, 11) is 0. The smallest absolute Gasteiger partial charge is 0.390 e. The second-order valence-corrected chi connectivity index (χ2v) is 2.96. The summed E-state index contributed by atoms with van der Waals surface area (Å²) in [5.41, 5.74) is 2.13. The molecule has 0 spiro atoms. The minimum absolute atomic E-state index is 0.652. The first kappa shape index (κ1) is 8.69. The van der Waals surface area contributed by atoms with Crippen LogP contribution in [-0.2, 0) is 6.42 Å². The van der Waals surface area contributed by atoms with E-state index in [1.165, 1.54) is 5.56 Å². The lowest BCUT2D eigenvalue weighted by Gasteiger charge is -2.00. The zero-order valence-corrected chi connectivity index (χ0v) is 7.38. The van der Waals surface area contributed by atoms with Gasteiger partial charge in [-0.25, -0.2) is 0 Å².